The van der Waals surface area contributed by atoms with Gasteiger partial charge in [-0.05, 0) is 50.2 Å². The van der Waals surface area contributed by atoms with E-state index in [0.717, 1.165) is 57.4 Å². The summed E-state index contributed by atoms with van der Waals surface area (Å²) in [6.45, 7) is 10.9. The van der Waals surface area contributed by atoms with Crippen molar-refractivity contribution in [3.8, 4) is 5.75 Å². The number of hydrogen-bond donors (Lipinski definition) is 1. The predicted octanol–water partition coefficient (Wildman–Crippen LogP) is 2.79. The highest BCUT2D eigenvalue weighted by Gasteiger charge is 2.25. The molecule has 5 nitrogen and oxygen atoms in total. The Labute approximate surface area is 153 Å². The van der Waals surface area contributed by atoms with Gasteiger partial charge in [-0.2, -0.15) is 0 Å². The summed E-state index contributed by atoms with van der Waals surface area (Å²) < 4.78 is 5.25. The Kier molecular flexibility index (Phi) is 8.06. The lowest BCUT2D eigenvalue weighted by atomic mass is 9.98. The second-order valence-electron chi connectivity index (χ2n) is 6.56. The van der Waals surface area contributed by atoms with E-state index in [-0.39, 0.29) is 0 Å². The Bertz CT molecular complexity index is 525. The number of guanidine groups is 1. The van der Waals surface area contributed by atoms with Crippen LogP contribution in [0.3, 0.4) is 0 Å². The molecule has 0 aromatic heterocycles. The van der Waals surface area contributed by atoms with Crippen molar-refractivity contribution in [2.24, 2.45) is 4.99 Å². The molecule has 0 saturated carbocycles. The molecule has 0 spiro atoms. The van der Waals surface area contributed by atoms with Crippen molar-refractivity contribution in [3.05, 3.63) is 29.8 Å². The first-order chi connectivity index (χ1) is 12.2. The molecule has 1 unspecified atom stereocenters. The number of aliphatic imine (C=N–C) groups is 1. The van der Waals surface area contributed by atoms with Gasteiger partial charge in [0, 0.05) is 32.6 Å². The summed E-state index contributed by atoms with van der Waals surface area (Å²) >= 11 is 0. The molecule has 1 N–H and O–H groups in total. The molecule has 1 heterocycles. The van der Waals surface area contributed by atoms with Crippen molar-refractivity contribution in [1.82, 2.24) is 15.1 Å². The first-order valence-electron chi connectivity index (χ1n) is 9.53. The molecule has 0 amide bonds. The van der Waals surface area contributed by atoms with Crippen LogP contribution in [0.15, 0.2) is 29.3 Å². The third-order valence-electron chi connectivity index (χ3n) is 5.12. The van der Waals surface area contributed by atoms with Crippen molar-refractivity contribution < 1.29 is 4.74 Å². The lowest BCUT2D eigenvalue weighted by Gasteiger charge is -2.23. The van der Waals surface area contributed by atoms with Gasteiger partial charge in [0.2, 0.25) is 0 Å². The minimum atomic E-state index is 0.570. The Morgan fingerprint density at radius 2 is 2.00 bits per heavy atom. The van der Waals surface area contributed by atoms with Gasteiger partial charge < -0.3 is 19.9 Å². The van der Waals surface area contributed by atoms with E-state index in [1.54, 1.807) is 7.11 Å². The van der Waals surface area contributed by atoms with Crippen LogP contribution in [0.25, 0.3) is 0 Å². The lowest BCUT2D eigenvalue weighted by Crippen LogP contribution is -2.41. The van der Waals surface area contributed by atoms with Gasteiger partial charge in [-0.25, -0.2) is 0 Å². The third kappa shape index (κ3) is 5.63. The largest absolute Gasteiger partial charge is 0.497 e. The molecule has 1 aromatic carbocycles. The van der Waals surface area contributed by atoms with E-state index < -0.39 is 0 Å². The maximum absolute atomic E-state index is 5.25. The van der Waals surface area contributed by atoms with Crippen LogP contribution in [-0.2, 0) is 0 Å². The molecule has 1 fully saturated rings. The Morgan fingerprint density at radius 1 is 1.28 bits per heavy atom. The van der Waals surface area contributed by atoms with E-state index in [1.165, 1.54) is 12.0 Å². The summed E-state index contributed by atoms with van der Waals surface area (Å²) in [5.41, 5.74) is 1.39. The maximum atomic E-state index is 5.25. The highest BCUT2D eigenvalue weighted by atomic mass is 16.5. The van der Waals surface area contributed by atoms with Crippen LogP contribution in [0.4, 0.5) is 0 Å². The Hall–Kier alpha value is -1.75. The van der Waals surface area contributed by atoms with Gasteiger partial charge in [0.15, 0.2) is 5.96 Å². The van der Waals surface area contributed by atoms with Crippen molar-refractivity contribution in [2.75, 3.05) is 53.4 Å². The highest BCUT2D eigenvalue weighted by molar-refractivity contribution is 5.80. The number of hydrogen-bond acceptors (Lipinski definition) is 3. The van der Waals surface area contributed by atoms with E-state index in [2.05, 4.69) is 58.2 Å². The number of ether oxygens (including phenoxy) is 1. The molecule has 1 aliphatic rings. The molecule has 0 aliphatic carbocycles. The van der Waals surface area contributed by atoms with Crippen molar-refractivity contribution >= 4 is 5.96 Å². The zero-order valence-corrected chi connectivity index (χ0v) is 16.3. The van der Waals surface area contributed by atoms with E-state index in [1.807, 2.05) is 7.05 Å². The summed E-state index contributed by atoms with van der Waals surface area (Å²) in [4.78, 5) is 9.32. The summed E-state index contributed by atoms with van der Waals surface area (Å²) in [5.74, 6) is 2.53. The van der Waals surface area contributed by atoms with Crippen molar-refractivity contribution in [1.29, 1.82) is 0 Å². The number of likely N-dealkylation sites (tertiary alicyclic amines) is 1. The third-order valence-corrected chi connectivity index (χ3v) is 5.12. The van der Waals surface area contributed by atoms with Gasteiger partial charge in [0.25, 0.3) is 0 Å². The van der Waals surface area contributed by atoms with E-state index >= 15 is 0 Å². The molecular formula is C20H34N4O. The minimum Gasteiger partial charge on any atom is -0.497 e. The second kappa shape index (κ2) is 10.3. The number of rotatable bonds is 8. The van der Waals surface area contributed by atoms with Gasteiger partial charge in [-0.1, -0.05) is 26.0 Å². The van der Waals surface area contributed by atoms with Crippen LogP contribution in [-0.4, -0.2) is 69.2 Å². The molecule has 1 atom stereocenters. The topological polar surface area (TPSA) is 40.1 Å². The van der Waals surface area contributed by atoms with Crippen LogP contribution >= 0.6 is 0 Å². The van der Waals surface area contributed by atoms with Gasteiger partial charge in [0.1, 0.15) is 5.75 Å². The monoisotopic (exact) mass is 346 g/mol. The SMILES string of the molecule is CCN(CC)CCCNC(=NC)N1CCC(c2ccc(OC)cc2)C1. The van der Waals surface area contributed by atoms with Crippen molar-refractivity contribution in [3.63, 3.8) is 0 Å². The van der Waals surface area contributed by atoms with Crippen LogP contribution in [0.5, 0.6) is 5.75 Å². The standard InChI is InChI=1S/C20H34N4O/c1-5-23(6-2)14-7-13-22-20(21-3)24-15-12-18(16-24)17-8-10-19(25-4)11-9-17/h8-11,18H,5-7,12-16H2,1-4H3,(H,21,22). The minimum absolute atomic E-state index is 0.570. The van der Waals surface area contributed by atoms with Crippen molar-refractivity contribution in [2.45, 2.75) is 32.6 Å². The number of benzene rings is 1. The first-order valence-corrected chi connectivity index (χ1v) is 9.53. The lowest BCUT2D eigenvalue weighted by molar-refractivity contribution is 0.299. The molecule has 0 bridgehead atoms. The van der Waals surface area contributed by atoms with Crippen LogP contribution < -0.4 is 10.1 Å². The fraction of sp³-hybridized carbons (Fsp3) is 0.650. The number of methoxy groups -OCH3 is 1. The fourth-order valence-corrected chi connectivity index (χ4v) is 3.48. The van der Waals surface area contributed by atoms with Gasteiger partial charge in [-0.3, -0.25) is 4.99 Å². The second-order valence-corrected chi connectivity index (χ2v) is 6.56. The van der Waals surface area contributed by atoms with Gasteiger partial charge >= 0.3 is 0 Å². The van der Waals surface area contributed by atoms with Crippen LogP contribution in [0.2, 0.25) is 0 Å². The van der Waals surface area contributed by atoms with E-state index in [0.29, 0.717) is 5.92 Å². The first kappa shape index (κ1) is 19.6. The number of nitrogens with one attached hydrogen (secondary N) is 1. The predicted molar refractivity (Wildman–Crippen MR) is 106 cm³/mol. The molecule has 1 saturated heterocycles. The summed E-state index contributed by atoms with van der Waals surface area (Å²) in [7, 11) is 3.59. The molecule has 0 radical (unpaired) electrons. The Morgan fingerprint density at radius 3 is 2.60 bits per heavy atom. The molecular weight excluding hydrogens is 312 g/mol. The fourth-order valence-electron chi connectivity index (χ4n) is 3.48. The molecule has 1 aliphatic heterocycles. The number of nitrogens with zero attached hydrogens (tertiary/aromatic N) is 3. The van der Waals surface area contributed by atoms with Gasteiger partial charge in [-0.15, -0.1) is 0 Å². The van der Waals surface area contributed by atoms with Gasteiger partial charge in [0.05, 0.1) is 7.11 Å². The molecule has 1 aromatic rings. The molecule has 2 rings (SSSR count). The average Bonchev–Trinajstić information content (AvgIpc) is 3.15. The Balaban J connectivity index is 1.80. The normalized spacial score (nSPS) is 18.0. The highest BCUT2D eigenvalue weighted by Crippen LogP contribution is 2.28. The zero-order chi connectivity index (χ0) is 18.1. The zero-order valence-electron chi connectivity index (χ0n) is 16.3. The summed E-state index contributed by atoms with van der Waals surface area (Å²) in [6, 6.07) is 8.48. The van der Waals surface area contributed by atoms with Crippen LogP contribution in [0.1, 0.15) is 38.2 Å². The summed E-state index contributed by atoms with van der Waals surface area (Å²) in [5, 5.41) is 3.53. The summed E-state index contributed by atoms with van der Waals surface area (Å²) in [6.07, 6.45) is 2.32. The maximum Gasteiger partial charge on any atom is 0.193 e. The van der Waals surface area contributed by atoms with Crippen LogP contribution in [0, 0.1) is 0 Å². The smallest absolute Gasteiger partial charge is 0.193 e. The van der Waals surface area contributed by atoms with E-state index in [4.69, 9.17) is 4.74 Å². The molecule has 25 heavy (non-hydrogen) atoms. The average molecular weight is 347 g/mol. The van der Waals surface area contributed by atoms with E-state index in [9.17, 15) is 0 Å². The molecule has 140 valence electrons. The molecule has 5 heteroatoms. The quantitative estimate of drug-likeness (QED) is 0.446.